The van der Waals surface area contributed by atoms with Gasteiger partial charge in [0.2, 0.25) is 0 Å². The standard InChI is InChI=1S/C35H47F4N3/c1-9-13-25(7)20-32(27-16-18-29(40-21-27)15-12-11-14-23(3)4)42-26(8)33-30(35(37,38)39)19-17-28(34(33)36)22-41-31(10-2)24(5)6/h10,13,16-21,23-24,41H,9,11-12,14-15,22H2,1-8H3/b25-13-,31-10-,32-20-,42-26?. The van der Waals surface area contributed by atoms with E-state index in [0.29, 0.717) is 17.2 Å². The third kappa shape index (κ3) is 10.6. The molecule has 0 aliphatic heterocycles. The van der Waals surface area contributed by atoms with Gasteiger partial charge in [-0.25, -0.2) is 4.39 Å². The van der Waals surface area contributed by atoms with Crippen LogP contribution in [0.15, 0.2) is 65.0 Å². The number of allylic oxidation sites excluding steroid dienone is 5. The van der Waals surface area contributed by atoms with Crippen LogP contribution >= 0.6 is 0 Å². The predicted molar refractivity (Wildman–Crippen MR) is 168 cm³/mol. The Morgan fingerprint density at radius 3 is 2.31 bits per heavy atom. The fourth-order valence-electron chi connectivity index (χ4n) is 4.78. The molecule has 1 aromatic carbocycles. The first-order chi connectivity index (χ1) is 19.8. The number of alkyl halides is 3. The Hall–Kier alpha value is -3.22. The maximum absolute atomic E-state index is 15.9. The lowest BCUT2D eigenvalue weighted by atomic mass is 9.98. The molecule has 0 amide bonds. The highest BCUT2D eigenvalue weighted by atomic mass is 19.4. The molecule has 1 heterocycles. The number of nitrogens with zero attached hydrogens (tertiary/aromatic N) is 2. The van der Waals surface area contributed by atoms with Gasteiger partial charge < -0.3 is 5.32 Å². The Bertz CT molecular complexity index is 1280. The molecular formula is C35H47F4N3. The summed E-state index contributed by atoms with van der Waals surface area (Å²) in [5, 5.41) is 3.16. The Morgan fingerprint density at radius 2 is 1.76 bits per heavy atom. The molecule has 0 radical (unpaired) electrons. The number of aliphatic imine (C=N–C) groups is 1. The van der Waals surface area contributed by atoms with Gasteiger partial charge in [-0.05, 0) is 76.1 Å². The first-order valence-electron chi connectivity index (χ1n) is 15.0. The van der Waals surface area contributed by atoms with Crippen molar-refractivity contribution in [2.75, 3.05) is 0 Å². The molecule has 3 nitrogen and oxygen atoms in total. The van der Waals surface area contributed by atoms with Crippen molar-refractivity contribution in [3.63, 3.8) is 0 Å². The summed E-state index contributed by atoms with van der Waals surface area (Å²) in [6.45, 7) is 15.7. The minimum absolute atomic E-state index is 0.0508. The highest BCUT2D eigenvalue weighted by Gasteiger charge is 2.36. The third-order valence-corrected chi connectivity index (χ3v) is 7.07. The number of rotatable bonds is 14. The minimum atomic E-state index is -4.74. The normalized spacial score (nSPS) is 13.9. The van der Waals surface area contributed by atoms with Crippen LogP contribution < -0.4 is 5.32 Å². The fraction of sp³-hybridized carbons (Fsp3) is 0.486. The van der Waals surface area contributed by atoms with Crippen LogP contribution in [0.3, 0.4) is 0 Å². The number of halogens is 4. The number of unbranched alkanes of at least 4 members (excludes halogenated alkanes) is 1. The molecule has 1 aromatic heterocycles. The van der Waals surface area contributed by atoms with Gasteiger partial charge in [0.05, 0.1) is 11.3 Å². The summed E-state index contributed by atoms with van der Waals surface area (Å²) >= 11 is 0. The Kier molecular flexibility index (Phi) is 13.7. The van der Waals surface area contributed by atoms with Gasteiger partial charge in [0, 0.05) is 46.5 Å². The van der Waals surface area contributed by atoms with E-state index >= 15 is 4.39 Å². The highest BCUT2D eigenvalue weighted by Crippen LogP contribution is 2.35. The first-order valence-corrected chi connectivity index (χ1v) is 15.0. The zero-order chi connectivity index (χ0) is 31.4. The number of nitrogens with one attached hydrogen (secondary N) is 1. The SMILES string of the molecule is C/C=C(\NCc1ccc(C(F)(F)F)c(C(C)=N/C(=C\C(C)=C/CC)c2ccc(CCCCC(C)C)nc2)c1F)C(C)C. The van der Waals surface area contributed by atoms with Gasteiger partial charge in [0.25, 0.3) is 0 Å². The van der Waals surface area contributed by atoms with Crippen LogP contribution in [-0.2, 0) is 19.1 Å². The molecule has 0 saturated heterocycles. The van der Waals surface area contributed by atoms with Gasteiger partial charge in [-0.1, -0.05) is 71.3 Å². The summed E-state index contributed by atoms with van der Waals surface area (Å²) in [7, 11) is 0. The second-order valence-corrected chi connectivity index (χ2v) is 11.5. The van der Waals surface area contributed by atoms with E-state index in [1.165, 1.54) is 19.4 Å². The topological polar surface area (TPSA) is 37.3 Å². The molecule has 2 aromatic rings. The van der Waals surface area contributed by atoms with Crippen molar-refractivity contribution >= 4 is 11.4 Å². The van der Waals surface area contributed by atoms with E-state index in [9.17, 15) is 13.2 Å². The Labute approximate surface area is 250 Å². The molecule has 0 unspecified atom stereocenters. The summed E-state index contributed by atoms with van der Waals surface area (Å²) in [4.78, 5) is 9.21. The number of aryl methyl sites for hydroxylation is 1. The predicted octanol–water partition coefficient (Wildman–Crippen LogP) is 10.5. The third-order valence-electron chi connectivity index (χ3n) is 7.07. The van der Waals surface area contributed by atoms with Crippen molar-refractivity contribution in [3.8, 4) is 0 Å². The smallest absolute Gasteiger partial charge is 0.384 e. The number of hydrogen-bond donors (Lipinski definition) is 1. The van der Waals surface area contributed by atoms with Gasteiger partial charge in [-0.2, -0.15) is 13.2 Å². The van der Waals surface area contributed by atoms with E-state index in [4.69, 9.17) is 0 Å². The maximum Gasteiger partial charge on any atom is 0.417 e. The van der Waals surface area contributed by atoms with E-state index in [0.717, 1.165) is 48.7 Å². The molecular weight excluding hydrogens is 538 g/mol. The van der Waals surface area contributed by atoms with E-state index in [1.807, 2.05) is 65.0 Å². The van der Waals surface area contributed by atoms with Crippen LogP contribution in [0.5, 0.6) is 0 Å². The average Bonchev–Trinajstić information content (AvgIpc) is 2.91. The molecule has 0 atom stereocenters. The molecule has 1 N–H and O–H groups in total. The molecule has 0 aliphatic rings. The van der Waals surface area contributed by atoms with Crippen molar-refractivity contribution in [2.45, 2.75) is 100 Å². The summed E-state index contributed by atoms with van der Waals surface area (Å²) < 4.78 is 58.2. The lowest BCUT2D eigenvalue weighted by Gasteiger charge is -2.19. The molecule has 0 fully saturated rings. The van der Waals surface area contributed by atoms with Gasteiger partial charge in [0.1, 0.15) is 5.82 Å². The monoisotopic (exact) mass is 585 g/mol. The zero-order valence-electron chi connectivity index (χ0n) is 26.4. The lowest BCUT2D eigenvalue weighted by molar-refractivity contribution is -0.137. The number of benzene rings is 1. The second kappa shape index (κ2) is 16.4. The quantitative estimate of drug-likeness (QED) is 0.104. The van der Waals surface area contributed by atoms with E-state index in [-0.39, 0.29) is 23.7 Å². The summed E-state index contributed by atoms with van der Waals surface area (Å²) in [6, 6.07) is 5.97. The van der Waals surface area contributed by atoms with Crippen molar-refractivity contribution < 1.29 is 17.6 Å². The molecule has 2 rings (SSSR count). The molecule has 7 heteroatoms. The molecule has 42 heavy (non-hydrogen) atoms. The molecule has 0 bridgehead atoms. The van der Waals surface area contributed by atoms with Crippen LogP contribution in [0, 0.1) is 17.7 Å². The largest absolute Gasteiger partial charge is 0.417 e. The Balaban J connectivity index is 2.55. The van der Waals surface area contributed by atoms with Crippen molar-refractivity contribution in [1.29, 1.82) is 0 Å². The maximum atomic E-state index is 15.9. The van der Waals surface area contributed by atoms with Crippen LogP contribution in [0.2, 0.25) is 0 Å². The first kappa shape index (κ1) is 35.0. The second-order valence-electron chi connectivity index (χ2n) is 11.5. The van der Waals surface area contributed by atoms with Gasteiger partial charge >= 0.3 is 6.18 Å². The van der Waals surface area contributed by atoms with Crippen LogP contribution in [0.25, 0.3) is 5.70 Å². The van der Waals surface area contributed by atoms with E-state index in [1.54, 1.807) is 6.20 Å². The highest BCUT2D eigenvalue weighted by molar-refractivity contribution is 6.03. The molecule has 0 saturated carbocycles. The van der Waals surface area contributed by atoms with Crippen LogP contribution in [0.4, 0.5) is 17.6 Å². The molecule has 0 spiro atoms. The summed E-state index contributed by atoms with van der Waals surface area (Å²) in [5.41, 5.74) is 2.35. The lowest BCUT2D eigenvalue weighted by Crippen LogP contribution is -2.20. The van der Waals surface area contributed by atoms with E-state index < -0.39 is 23.1 Å². The van der Waals surface area contributed by atoms with Crippen LogP contribution in [0.1, 0.15) is 109 Å². The van der Waals surface area contributed by atoms with Crippen LogP contribution in [-0.4, -0.2) is 10.7 Å². The van der Waals surface area contributed by atoms with Gasteiger partial charge in [-0.3, -0.25) is 9.98 Å². The molecule has 230 valence electrons. The van der Waals surface area contributed by atoms with Gasteiger partial charge in [-0.15, -0.1) is 0 Å². The molecule has 0 aliphatic carbocycles. The van der Waals surface area contributed by atoms with E-state index in [2.05, 4.69) is 29.1 Å². The fourth-order valence-corrected chi connectivity index (χ4v) is 4.78. The average molecular weight is 586 g/mol. The Morgan fingerprint density at radius 1 is 1.05 bits per heavy atom. The number of aromatic nitrogens is 1. The zero-order valence-corrected chi connectivity index (χ0v) is 26.4. The number of hydrogen-bond acceptors (Lipinski definition) is 3. The van der Waals surface area contributed by atoms with Gasteiger partial charge in [0.15, 0.2) is 0 Å². The van der Waals surface area contributed by atoms with Crippen molar-refractivity contribution in [1.82, 2.24) is 10.3 Å². The summed E-state index contributed by atoms with van der Waals surface area (Å²) in [5.74, 6) is -0.0888. The minimum Gasteiger partial charge on any atom is -0.384 e. The number of pyridine rings is 1. The van der Waals surface area contributed by atoms with Crippen molar-refractivity contribution in [3.05, 3.63) is 93.7 Å². The summed E-state index contributed by atoms with van der Waals surface area (Å²) in [6.07, 6.45) is 7.64. The van der Waals surface area contributed by atoms with Crippen molar-refractivity contribution in [2.24, 2.45) is 16.8 Å².